The lowest BCUT2D eigenvalue weighted by Crippen LogP contribution is -2.40. The van der Waals surface area contributed by atoms with E-state index in [1.54, 1.807) is 23.1 Å². The molecule has 106 valence electrons. The first-order valence-electron chi connectivity index (χ1n) is 6.45. The van der Waals surface area contributed by atoms with Crippen molar-refractivity contribution >= 4 is 29.2 Å². The summed E-state index contributed by atoms with van der Waals surface area (Å²) in [6, 6.07) is 7.14. The Balaban J connectivity index is 2.01. The number of hydrazone groups is 1. The Morgan fingerprint density at radius 1 is 1.55 bits per heavy atom. The van der Waals surface area contributed by atoms with Crippen LogP contribution in [0.2, 0.25) is 5.02 Å². The van der Waals surface area contributed by atoms with Crippen LogP contribution in [0.15, 0.2) is 42.0 Å². The first-order chi connectivity index (χ1) is 9.70. The summed E-state index contributed by atoms with van der Waals surface area (Å²) in [5.74, 6) is 0.728. The standard InChI is InChI=1S/C14H17ClN4O/c1-2-8-16-14(20)19-9-4-7-13(19)18-17-12-6-3-5-11(15)10-12/h2-3,5-6,10,17H,1,4,7-9H2,(H,16,20). The van der Waals surface area contributed by atoms with Gasteiger partial charge in [-0.15, -0.1) is 6.58 Å². The van der Waals surface area contributed by atoms with Crippen molar-refractivity contribution in [2.24, 2.45) is 5.10 Å². The lowest BCUT2D eigenvalue weighted by molar-refractivity contribution is 0.224. The predicted octanol–water partition coefficient (Wildman–Crippen LogP) is 3.06. The van der Waals surface area contributed by atoms with Crippen molar-refractivity contribution in [2.75, 3.05) is 18.5 Å². The predicted molar refractivity (Wildman–Crippen MR) is 82.0 cm³/mol. The maximum atomic E-state index is 11.9. The number of amidine groups is 1. The molecule has 1 aromatic carbocycles. The average molecular weight is 293 g/mol. The minimum Gasteiger partial charge on any atom is -0.334 e. The molecule has 2 rings (SSSR count). The first-order valence-corrected chi connectivity index (χ1v) is 6.83. The van der Waals surface area contributed by atoms with Gasteiger partial charge < -0.3 is 5.32 Å². The van der Waals surface area contributed by atoms with Crippen molar-refractivity contribution in [1.82, 2.24) is 10.2 Å². The Morgan fingerprint density at radius 2 is 2.40 bits per heavy atom. The number of hydrogen-bond donors (Lipinski definition) is 2. The number of halogens is 1. The van der Waals surface area contributed by atoms with Crippen LogP contribution in [0.5, 0.6) is 0 Å². The van der Waals surface area contributed by atoms with E-state index in [4.69, 9.17) is 11.6 Å². The Hall–Kier alpha value is -2.01. The van der Waals surface area contributed by atoms with Crippen LogP contribution in [0.3, 0.4) is 0 Å². The highest BCUT2D eigenvalue weighted by Gasteiger charge is 2.24. The van der Waals surface area contributed by atoms with Gasteiger partial charge in [-0.2, -0.15) is 5.10 Å². The zero-order chi connectivity index (χ0) is 14.4. The number of anilines is 1. The van der Waals surface area contributed by atoms with Crippen LogP contribution < -0.4 is 10.7 Å². The number of carbonyl (C=O) groups excluding carboxylic acids is 1. The second-order valence-corrected chi connectivity index (χ2v) is 4.82. The second-order valence-electron chi connectivity index (χ2n) is 4.38. The molecule has 0 saturated carbocycles. The molecule has 1 saturated heterocycles. The summed E-state index contributed by atoms with van der Waals surface area (Å²) in [5.41, 5.74) is 3.72. The molecule has 1 aliphatic rings. The fourth-order valence-corrected chi connectivity index (χ4v) is 2.13. The smallest absolute Gasteiger partial charge is 0.323 e. The molecule has 0 spiro atoms. The molecule has 0 bridgehead atoms. The Morgan fingerprint density at radius 3 is 3.15 bits per heavy atom. The van der Waals surface area contributed by atoms with Crippen LogP contribution in [0, 0.1) is 0 Å². The normalized spacial score (nSPS) is 16.2. The molecule has 2 amide bonds. The molecule has 20 heavy (non-hydrogen) atoms. The third kappa shape index (κ3) is 3.74. The Kier molecular flexibility index (Phi) is 5.01. The van der Waals surface area contributed by atoms with Gasteiger partial charge in [0.2, 0.25) is 0 Å². The number of urea groups is 1. The zero-order valence-corrected chi connectivity index (χ0v) is 11.9. The van der Waals surface area contributed by atoms with Gasteiger partial charge in [0.1, 0.15) is 5.84 Å². The lowest BCUT2D eigenvalue weighted by atomic mass is 10.3. The highest BCUT2D eigenvalue weighted by atomic mass is 35.5. The van der Waals surface area contributed by atoms with E-state index < -0.39 is 0 Å². The van der Waals surface area contributed by atoms with Crippen LogP contribution in [0.4, 0.5) is 10.5 Å². The number of rotatable bonds is 4. The molecule has 0 unspecified atom stereocenters. The minimum absolute atomic E-state index is 0.144. The van der Waals surface area contributed by atoms with Gasteiger partial charge in [0, 0.05) is 24.5 Å². The maximum absolute atomic E-state index is 11.9. The Bertz CT molecular complexity index is 530. The highest BCUT2D eigenvalue weighted by Crippen LogP contribution is 2.16. The van der Waals surface area contributed by atoms with Gasteiger partial charge in [-0.1, -0.05) is 23.7 Å². The largest absolute Gasteiger partial charge is 0.334 e. The van der Waals surface area contributed by atoms with E-state index in [0.29, 0.717) is 18.1 Å². The van der Waals surface area contributed by atoms with Crippen molar-refractivity contribution in [3.63, 3.8) is 0 Å². The van der Waals surface area contributed by atoms with E-state index in [-0.39, 0.29) is 6.03 Å². The number of likely N-dealkylation sites (tertiary alicyclic amines) is 1. The van der Waals surface area contributed by atoms with Crippen molar-refractivity contribution in [2.45, 2.75) is 12.8 Å². The molecule has 0 aliphatic carbocycles. The van der Waals surface area contributed by atoms with Crippen LogP contribution in [-0.2, 0) is 0 Å². The molecule has 1 aliphatic heterocycles. The zero-order valence-electron chi connectivity index (χ0n) is 11.1. The fourth-order valence-electron chi connectivity index (χ4n) is 1.94. The molecular formula is C14H17ClN4O. The van der Waals surface area contributed by atoms with Crippen molar-refractivity contribution in [3.05, 3.63) is 41.9 Å². The van der Waals surface area contributed by atoms with E-state index in [1.807, 2.05) is 12.1 Å². The third-order valence-electron chi connectivity index (χ3n) is 2.88. The summed E-state index contributed by atoms with van der Waals surface area (Å²) in [6.45, 7) is 4.70. The van der Waals surface area contributed by atoms with Crippen LogP contribution in [0.1, 0.15) is 12.8 Å². The molecule has 1 aromatic rings. The monoisotopic (exact) mass is 292 g/mol. The summed E-state index contributed by atoms with van der Waals surface area (Å²) in [4.78, 5) is 13.6. The molecule has 0 radical (unpaired) electrons. The highest BCUT2D eigenvalue weighted by molar-refractivity contribution is 6.30. The van der Waals surface area contributed by atoms with Crippen molar-refractivity contribution in [3.8, 4) is 0 Å². The molecule has 0 aromatic heterocycles. The molecule has 5 nitrogen and oxygen atoms in total. The van der Waals surface area contributed by atoms with Gasteiger partial charge >= 0.3 is 6.03 Å². The molecule has 0 atom stereocenters. The lowest BCUT2D eigenvalue weighted by Gasteiger charge is -2.17. The molecular weight excluding hydrogens is 276 g/mol. The minimum atomic E-state index is -0.144. The fraction of sp³-hybridized carbons (Fsp3) is 0.286. The van der Waals surface area contributed by atoms with E-state index in [1.165, 1.54) is 0 Å². The first kappa shape index (κ1) is 14.4. The quantitative estimate of drug-likeness (QED) is 0.662. The number of nitrogens with one attached hydrogen (secondary N) is 2. The van der Waals surface area contributed by atoms with E-state index >= 15 is 0 Å². The van der Waals surface area contributed by atoms with Gasteiger partial charge in [-0.05, 0) is 24.6 Å². The summed E-state index contributed by atoms with van der Waals surface area (Å²) in [7, 11) is 0. The van der Waals surface area contributed by atoms with Gasteiger partial charge in [0.15, 0.2) is 0 Å². The van der Waals surface area contributed by atoms with Gasteiger partial charge in [-0.25, -0.2) is 4.79 Å². The van der Waals surface area contributed by atoms with Crippen LogP contribution in [-0.4, -0.2) is 29.9 Å². The van der Waals surface area contributed by atoms with E-state index in [2.05, 4.69) is 22.4 Å². The summed E-state index contributed by atoms with van der Waals surface area (Å²) < 4.78 is 0. The topological polar surface area (TPSA) is 56.7 Å². The molecule has 1 heterocycles. The summed E-state index contributed by atoms with van der Waals surface area (Å²) in [6.07, 6.45) is 3.33. The third-order valence-corrected chi connectivity index (χ3v) is 3.11. The Labute approximate surface area is 123 Å². The van der Waals surface area contributed by atoms with E-state index in [0.717, 1.165) is 24.4 Å². The van der Waals surface area contributed by atoms with Crippen LogP contribution >= 0.6 is 11.6 Å². The number of amides is 2. The molecule has 2 N–H and O–H groups in total. The van der Waals surface area contributed by atoms with Crippen LogP contribution in [0.25, 0.3) is 0 Å². The summed E-state index contributed by atoms with van der Waals surface area (Å²) in [5, 5.41) is 7.68. The van der Waals surface area contributed by atoms with Crippen molar-refractivity contribution in [1.29, 1.82) is 0 Å². The van der Waals surface area contributed by atoms with Crippen molar-refractivity contribution < 1.29 is 4.79 Å². The van der Waals surface area contributed by atoms with Gasteiger partial charge in [0.05, 0.1) is 5.69 Å². The number of benzene rings is 1. The number of nitrogens with zero attached hydrogens (tertiary/aromatic N) is 2. The number of hydrogen-bond acceptors (Lipinski definition) is 3. The molecule has 1 fully saturated rings. The number of carbonyl (C=O) groups is 1. The van der Waals surface area contributed by atoms with Gasteiger partial charge in [-0.3, -0.25) is 10.3 Å². The molecule has 6 heteroatoms. The second kappa shape index (κ2) is 6.96. The maximum Gasteiger partial charge on any atom is 0.323 e. The summed E-state index contributed by atoms with van der Waals surface area (Å²) >= 11 is 5.90. The van der Waals surface area contributed by atoms with E-state index in [9.17, 15) is 4.79 Å². The average Bonchev–Trinajstić information content (AvgIpc) is 2.91. The SMILES string of the molecule is C=CCNC(=O)N1CCCC1=NNc1cccc(Cl)c1. The van der Waals surface area contributed by atoms with Gasteiger partial charge in [0.25, 0.3) is 0 Å².